The van der Waals surface area contributed by atoms with Gasteiger partial charge in [-0.05, 0) is 38.4 Å². The first-order chi connectivity index (χ1) is 8.20. The molecule has 2 N–H and O–H groups in total. The van der Waals surface area contributed by atoms with Crippen molar-refractivity contribution < 1.29 is 0 Å². The van der Waals surface area contributed by atoms with Crippen LogP contribution in [0.5, 0.6) is 0 Å². The van der Waals surface area contributed by atoms with Gasteiger partial charge in [0.25, 0.3) is 0 Å². The maximum absolute atomic E-state index is 5.75. The first kappa shape index (κ1) is 10.6. The fourth-order valence-electron chi connectivity index (χ4n) is 2.64. The predicted molar refractivity (Wildman–Crippen MR) is 68.9 cm³/mol. The molecule has 0 bridgehead atoms. The minimum atomic E-state index is 0.752. The van der Waals surface area contributed by atoms with Gasteiger partial charge in [0.15, 0.2) is 0 Å². The van der Waals surface area contributed by atoms with Gasteiger partial charge in [0, 0.05) is 30.7 Å². The molecule has 90 valence electrons. The number of rotatable bonds is 2. The molecule has 17 heavy (non-hydrogen) atoms. The molecular formula is C13H18N4. The first-order valence-corrected chi connectivity index (χ1v) is 6.12. The van der Waals surface area contributed by atoms with Crippen molar-refractivity contribution in [3.8, 4) is 0 Å². The molecule has 4 nitrogen and oxygen atoms in total. The first-order valence-electron chi connectivity index (χ1n) is 6.12. The van der Waals surface area contributed by atoms with Crippen LogP contribution < -0.4 is 5.73 Å². The van der Waals surface area contributed by atoms with Gasteiger partial charge in [-0.2, -0.15) is 0 Å². The van der Waals surface area contributed by atoms with E-state index in [-0.39, 0.29) is 0 Å². The zero-order chi connectivity index (χ0) is 11.8. The van der Waals surface area contributed by atoms with Crippen molar-refractivity contribution >= 4 is 11.3 Å². The van der Waals surface area contributed by atoms with Crippen LogP contribution in [0.15, 0.2) is 24.5 Å². The van der Waals surface area contributed by atoms with E-state index < -0.39 is 0 Å². The molecule has 2 aromatic rings. The molecule has 0 amide bonds. The summed E-state index contributed by atoms with van der Waals surface area (Å²) in [5.74, 6) is 0.752. The quantitative estimate of drug-likeness (QED) is 0.848. The highest BCUT2D eigenvalue weighted by Gasteiger charge is 2.20. The molecule has 3 heterocycles. The van der Waals surface area contributed by atoms with Crippen molar-refractivity contribution in [2.24, 2.45) is 5.92 Å². The molecule has 1 aliphatic rings. The Kier molecular flexibility index (Phi) is 2.52. The number of fused-ring (bicyclic) bond motifs is 1. The SMILES string of the molecule is CN1CCC(Cc2cn3ccc(N)cc3n2)C1. The predicted octanol–water partition coefficient (Wildman–Crippen LogP) is 1.41. The molecule has 1 atom stereocenters. The Morgan fingerprint density at radius 2 is 2.41 bits per heavy atom. The zero-order valence-electron chi connectivity index (χ0n) is 10.1. The minimum absolute atomic E-state index is 0.752. The molecule has 0 aromatic carbocycles. The molecule has 4 heteroatoms. The Hall–Kier alpha value is -1.55. The number of anilines is 1. The monoisotopic (exact) mass is 230 g/mol. The molecule has 3 rings (SSSR count). The van der Waals surface area contributed by atoms with Gasteiger partial charge in [0.05, 0.1) is 5.69 Å². The molecule has 1 saturated heterocycles. The van der Waals surface area contributed by atoms with E-state index in [0.717, 1.165) is 23.7 Å². The van der Waals surface area contributed by atoms with Crippen molar-refractivity contribution in [2.75, 3.05) is 25.9 Å². The van der Waals surface area contributed by atoms with Gasteiger partial charge in [-0.25, -0.2) is 4.98 Å². The van der Waals surface area contributed by atoms with Crippen LogP contribution in [0.25, 0.3) is 5.65 Å². The van der Waals surface area contributed by atoms with Gasteiger partial charge in [-0.15, -0.1) is 0 Å². The Morgan fingerprint density at radius 3 is 3.18 bits per heavy atom. The Labute approximate surface area is 101 Å². The third-order valence-electron chi connectivity index (χ3n) is 3.52. The number of hydrogen-bond donors (Lipinski definition) is 1. The van der Waals surface area contributed by atoms with Crippen LogP contribution in [-0.2, 0) is 6.42 Å². The lowest BCUT2D eigenvalue weighted by molar-refractivity contribution is 0.394. The lowest BCUT2D eigenvalue weighted by Gasteiger charge is -2.07. The van der Waals surface area contributed by atoms with Crippen molar-refractivity contribution in [2.45, 2.75) is 12.8 Å². The van der Waals surface area contributed by atoms with Gasteiger partial charge < -0.3 is 15.0 Å². The topological polar surface area (TPSA) is 46.6 Å². The van der Waals surface area contributed by atoms with E-state index in [2.05, 4.69) is 23.1 Å². The summed E-state index contributed by atoms with van der Waals surface area (Å²) >= 11 is 0. The normalized spacial score (nSPS) is 21.4. The number of pyridine rings is 1. The number of likely N-dealkylation sites (tertiary alicyclic amines) is 1. The minimum Gasteiger partial charge on any atom is -0.399 e. The van der Waals surface area contributed by atoms with Crippen molar-refractivity contribution in [1.29, 1.82) is 0 Å². The summed E-state index contributed by atoms with van der Waals surface area (Å²) in [5.41, 5.74) is 8.66. The van der Waals surface area contributed by atoms with Gasteiger partial charge in [-0.1, -0.05) is 0 Å². The molecule has 1 aliphatic heterocycles. The average Bonchev–Trinajstić information content (AvgIpc) is 2.84. The lowest BCUT2D eigenvalue weighted by Crippen LogP contribution is -2.15. The molecule has 0 spiro atoms. The maximum Gasteiger partial charge on any atom is 0.139 e. The lowest BCUT2D eigenvalue weighted by atomic mass is 10.0. The van der Waals surface area contributed by atoms with Gasteiger partial charge in [-0.3, -0.25) is 0 Å². The van der Waals surface area contributed by atoms with Crippen LogP contribution in [0, 0.1) is 5.92 Å². The summed E-state index contributed by atoms with van der Waals surface area (Å²) in [6, 6.07) is 3.83. The van der Waals surface area contributed by atoms with E-state index >= 15 is 0 Å². The summed E-state index contributed by atoms with van der Waals surface area (Å²) in [7, 11) is 2.18. The van der Waals surface area contributed by atoms with E-state index in [0.29, 0.717) is 0 Å². The maximum atomic E-state index is 5.75. The molecule has 0 saturated carbocycles. The highest BCUT2D eigenvalue weighted by molar-refractivity contribution is 5.52. The van der Waals surface area contributed by atoms with E-state index in [1.54, 1.807) is 0 Å². The van der Waals surface area contributed by atoms with Crippen molar-refractivity contribution in [1.82, 2.24) is 14.3 Å². The van der Waals surface area contributed by atoms with Gasteiger partial charge in [0.2, 0.25) is 0 Å². The number of aromatic nitrogens is 2. The fourth-order valence-corrected chi connectivity index (χ4v) is 2.64. The number of hydrogen-bond acceptors (Lipinski definition) is 3. The van der Waals surface area contributed by atoms with Crippen LogP contribution in [0.3, 0.4) is 0 Å². The molecular weight excluding hydrogens is 212 g/mol. The van der Waals surface area contributed by atoms with Gasteiger partial charge >= 0.3 is 0 Å². The van der Waals surface area contributed by atoms with Crippen LogP contribution >= 0.6 is 0 Å². The van der Waals surface area contributed by atoms with Crippen LogP contribution in [-0.4, -0.2) is 34.4 Å². The highest BCUT2D eigenvalue weighted by Crippen LogP contribution is 2.19. The molecule has 1 unspecified atom stereocenters. The number of imidazole rings is 1. The second-order valence-electron chi connectivity index (χ2n) is 5.08. The molecule has 1 fully saturated rings. The number of nitrogen functional groups attached to an aromatic ring is 1. The van der Waals surface area contributed by atoms with Crippen molar-refractivity contribution in [3.05, 3.63) is 30.2 Å². The fraction of sp³-hybridized carbons (Fsp3) is 0.462. The third-order valence-corrected chi connectivity index (χ3v) is 3.52. The third kappa shape index (κ3) is 2.13. The molecule has 0 aliphatic carbocycles. The smallest absolute Gasteiger partial charge is 0.139 e. The Balaban J connectivity index is 1.81. The summed E-state index contributed by atoms with van der Waals surface area (Å²) in [4.78, 5) is 7.01. The van der Waals surface area contributed by atoms with E-state index in [9.17, 15) is 0 Å². The number of nitrogens with two attached hydrogens (primary N) is 1. The van der Waals surface area contributed by atoms with E-state index in [4.69, 9.17) is 5.73 Å². The van der Waals surface area contributed by atoms with Crippen LogP contribution in [0.2, 0.25) is 0 Å². The zero-order valence-corrected chi connectivity index (χ0v) is 10.1. The van der Waals surface area contributed by atoms with Crippen molar-refractivity contribution in [3.63, 3.8) is 0 Å². The largest absolute Gasteiger partial charge is 0.399 e. The molecule has 0 radical (unpaired) electrons. The Bertz CT molecular complexity index is 531. The summed E-state index contributed by atoms with van der Waals surface area (Å²) < 4.78 is 2.05. The van der Waals surface area contributed by atoms with Gasteiger partial charge in [0.1, 0.15) is 5.65 Å². The highest BCUT2D eigenvalue weighted by atomic mass is 15.1. The second-order valence-corrected chi connectivity index (χ2v) is 5.08. The van der Waals surface area contributed by atoms with Crippen LogP contribution in [0.1, 0.15) is 12.1 Å². The summed E-state index contributed by atoms with van der Waals surface area (Å²) in [5, 5.41) is 0. The summed E-state index contributed by atoms with van der Waals surface area (Å²) in [6.07, 6.45) is 6.45. The standard InChI is InChI=1S/C13H18N4/c1-16-4-2-10(8-16)6-12-9-17-5-3-11(14)7-13(17)15-12/h3,5,7,9-10H,2,4,6,8,14H2,1H3. The average molecular weight is 230 g/mol. The van der Waals surface area contributed by atoms with Crippen LogP contribution in [0.4, 0.5) is 5.69 Å². The second kappa shape index (κ2) is 4.04. The molecule has 2 aromatic heterocycles. The van der Waals surface area contributed by atoms with E-state index in [1.807, 2.05) is 22.7 Å². The Morgan fingerprint density at radius 1 is 1.53 bits per heavy atom. The van der Waals surface area contributed by atoms with E-state index in [1.165, 1.54) is 25.2 Å². The number of nitrogens with zero attached hydrogens (tertiary/aromatic N) is 3. The summed E-state index contributed by atoms with van der Waals surface area (Å²) in [6.45, 7) is 2.40.